The minimum atomic E-state index is 0.227. The molecule has 10 heterocycles. The van der Waals surface area contributed by atoms with E-state index in [-0.39, 0.29) is 5.41 Å². The quantitative estimate of drug-likeness (QED) is 0.0940. The van der Waals surface area contributed by atoms with Crippen molar-refractivity contribution in [2.75, 3.05) is 0 Å². The number of nitrogens with zero attached hydrogens (tertiary/aromatic N) is 12. The van der Waals surface area contributed by atoms with Crippen molar-refractivity contribution in [2.45, 2.75) is 210 Å². The maximum atomic E-state index is 4.93. The molecule has 10 aromatic carbocycles. The van der Waals surface area contributed by atoms with Gasteiger partial charge in [-0.2, -0.15) is 22.8 Å². The highest BCUT2D eigenvalue weighted by atomic mass is 15.0. The molecule has 1 fully saturated rings. The molecule has 10 aromatic heterocycles. The van der Waals surface area contributed by atoms with Crippen molar-refractivity contribution in [3.8, 4) is 112 Å². The number of rotatable bonds is 15. The third-order valence-electron chi connectivity index (χ3n) is 30.3. The molecule has 0 atom stereocenters. The molecule has 1 aliphatic rings. The fraction of sp³-hybridized carbons (Fsp3) is 0.279. The summed E-state index contributed by atoms with van der Waals surface area (Å²) in [7, 11) is 10.9. The van der Waals surface area contributed by atoms with Gasteiger partial charge in [0.15, 0.2) is 0 Å². The van der Waals surface area contributed by atoms with Crippen molar-refractivity contribution in [3.05, 3.63) is 404 Å². The Kier molecular flexibility index (Phi) is 31.2. The monoisotopic (exact) mass is 1950 g/mol. The number of aryl methyl sites for hydroxylation is 16. The Bertz CT molecular complexity index is 8390. The van der Waals surface area contributed by atoms with E-state index in [1.807, 2.05) is 44.1 Å². The summed E-state index contributed by atoms with van der Waals surface area (Å²) < 4.78 is 11.6. The highest BCUT2D eigenvalue weighted by molar-refractivity contribution is 5.95. The molecule has 0 amide bonds. The standard InChI is InChI=1S/C29H31N2.C29H33N2.C28H31N2.C26H28N3.C24H24N3/c1-19-15-20(2)21(3)25(16-19)29-26(17-23-11-7-8-12-28(23)31(29)4)24-13-14-27(30-18-24)22-9-5-6-10-22;1-19-14-20(2)21(3)25(15-19)28-26(16-22-10-8-9-11-27(22)31(28)7)23-12-13-24(30-18-23)17-29(4,5)6;1-18(2)13-24-12-11-23(17-29-24)26-16-22-9-7-8-10-27(22)30(6)28(26)25-15-19(3)14-20(4)21(25)5;1-16(2)26-27-14-21(15-28-26)23-13-20-9-7-8-10-24(20)29(6)25(23)22-12-17(3)11-18(4)19(22)5;1-15-10-16(2)17(3)21(11-15)24-22(20-13-25-18(4)26-14-20)12-19-8-6-7-9-23(19)27(24)5/h7-8,11-18,22H,5-6,9-10H2,1-4H3;8-16,18H,17H2,1-7H3;7-12,14-18H,13H2,1-6H3;7-16H,1-6H3;6-14H,1-5H3/q5*+1. The largest absolute Gasteiger partial charge is 0.261 e. The summed E-state index contributed by atoms with van der Waals surface area (Å²) in [6, 6.07) is 90.7. The van der Waals surface area contributed by atoms with Crippen LogP contribution in [0.4, 0.5) is 0 Å². The van der Waals surface area contributed by atoms with Crippen LogP contribution in [0.1, 0.15) is 198 Å². The van der Waals surface area contributed by atoms with Crippen LogP contribution >= 0.6 is 0 Å². The van der Waals surface area contributed by atoms with E-state index in [4.69, 9.17) is 15.0 Å². The van der Waals surface area contributed by atoms with E-state index in [0.29, 0.717) is 17.8 Å². The lowest BCUT2D eigenvalue weighted by atomic mass is 9.89. The fourth-order valence-corrected chi connectivity index (χ4v) is 22.0. The number of para-hydroxylation sites is 5. The highest BCUT2D eigenvalue weighted by Crippen LogP contribution is 2.44. The lowest BCUT2D eigenvalue weighted by molar-refractivity contribution is -0.633. The number of hydrogen-bond acceptors (Lipinski definition) is 7. The molecule has 20 aromatic rings. The van der Waals surface area contributed by atoms with Crippen LogP contribution in [0.2, 0.25) is 0 Å². The van der Waals surface area contributed by atoms with Gasteiger partial charge in [-0.05, 0) is 313 Å². The number of fused-ring (bicyclic) bond motifs is 5. The number of benzene rings is 10. The molecule has 0 radical (unpaired) electrons. The molecule has 0 N–H and O–H groups in total. The van der Waals surface area contributed by atoms with E-state index < -0.39 is 0 Å². The van der Waals surface area contributed by atoms with Crippen molar-refractivity contribution < 1.29 is 22.8 Å². The molecular formula is C136H147N12+5. The van der Waals surface area contributed by atoms with E-state index >= 15 is 0 Å². The van der Waals surface area contributed by atoms with E-state index in [0.717, 1.165) is 69.3 Å². The Morgan fingerprint density at radius 3 is 0.784 bits per heavy atom. The van der Waals surface area contributed by atoms with Gasteiger partial charge in [-0.15, -0.1) is 0 Å². The lowest BCUT2D eigenvalue weighted by Gasteiger charge is -2.18. The molecule has 12 heteroatoms. The zero-order valence-corrected chi connectivity index (χ0v) is 92.6. The summed E-state index contributed by atoms with van der Waals surface area (Å²) in [6.45, 7) is 50.4. The smallest absolute Gasteiger partial charge is 0.221 e. The summed E-state index contributed by atoms with van der Waals surface area (Å²) in [5.74, 6) is 3.23. The van der Waals surface area contributed by atoms with Crippen LogP contribution in [-0.4, -0.2) is 34.9 Å². The van der Waals surface area contributed by atoms with Crippen molar-refractivity contribution in [1.29, 1.82) is 0 Å². The van der Waals surface area contributed by atoms with Crippen molar-refractivity contribution in [1.82, 2.24) is 34.9 Å². The molecule has 0 saturated heterocycles. The number of aromatic nitrogens is 12. The minimum Gasteiger partial charge on any atom is -0.261 e. The lowest BCUT2D eigenvalue weighted by Crippen LogP contribution is -2.33. The first-order valence-electron chi connectivity index (χ1n) is 52.8. The van der Waals surface area contributed by atoms with Gasteiger partial charge >= 0.3 is 0 Å². The van der Waals surface area contributed by atoms with Crippen molar-refractivity contribution >= 4 is 54.5 Å². The summed E-state index contributed by atoms with van der Waals surface area (Å²) in [6.07, 6.45) is 21.2. The normalized spacial score (nSPS) is 12.1. The van der Waals surface area contributed by atoms with Gasteiger partial charge in [0.2, 0.25) is 56.1 Å². The Morgan fingerprint density at radius 2 is 0.527 bits per heavy atom. The van der Waals surface area contributed by atoms with E-state index in [1.54, 1.807) is 0 Å². The zero-order valence-electron chi connectivity index (χ0n) is 92.6. The Labute approximate surface area is 878 Å². The third-order valence-corrected chi connectivity index (χ3v) is 30.3. The molecule has 21 rings (SSSR count). The summed E-state index contributed by atoms with van der Waals surface area (Å²) in [5.41, 5.74) is 53.8. The average molecular weight is 1950 g/mol. The van der Waals surface area contributed by atoms with Gasteiger partial charge in [0, 0.05) is 157 Å². The molecule has 148 heavy (non-hydrogen) atoms. The van der Waals surface area contributed by atoms with E-state index in [1.165, 1.54) is 248 Å². The van der Waals surface area contributed by atoms with Gasteiger partial charge in [0.05, 0.1) is 55.6 Å². The Balaban J connectivity index is 0.000000126. The number of hydrogen-bond donors (Lipinski definition) is 0. The third kappa shape index (κ3) is 22.4. The van der Waals surface area contributed by atoms with Crippen molar-refractivity contribution in [2.24, 2.45) is 46.6 Å². The van der Waals surface area contributed by atoms with Crippen LogP contribution in [0.5, 0.6) is 0 Å². The second kappa shape index (κ2) is 44.3. The van der Waals surface area contributed by atoms with Crippen LogP contribution in [0, 0.1) is 122 Å². The fourth-order valence-electron chi connectivity index (χ4n) is 22.0. The Hall–Kier alpha value is -15.1. The summed E-state index contributed by atoms with van der Waals surface area (Å²) >= 11 is 0. The van der Waals surface area contributed by atoms with Crippen LogP contribution < -0.4 is 22.8 Å². The Morgan fingerprint density at radius 1 is 0.270 bits per heavy atom. The first-order valence-corrected chi connectivity index (χ1v) is 52.8. The van der Waals surface area contributed by atoms with Gasteiger partial charge in [0.25, 0.3) is 0 Å². The molecule has 1 saturated carbocycles. The maximum absolute atomic E-state index is 4.93. The summed E-state index contributed by atoms with van der Waals surface area (Å²) in [4.78, 5) is 32.7. The van der Waals surface area contributed by atoms with Crippen LogP contribution in [0.3, 0.4) is 0 Å². The first-order chi connectivity index (χ1) is 70.8. The van der Waals surface area contributed by atoms with Crippen LogP contribution in [-0.2, 0) is 48.1 Å². The average Bonchev–Trinajstić information content (AvgIpc) is 0.803. The van der Waals surface area contributed by atoms with E-state index in [2.05, 4.69) is 485 Å². The second-order valence-electron chi connectivity index (χ2n) is 43.8. The first kappa shape index (κ1) is 104. The van der Waals surface area contributed by atoms with Crippen LogP contribution in [0.25, 0.3) is 166 Å². The van der Waals surface area contributed by atoms with Gasteiger partial charge in [0.1, 0.15) is 46.9 Å². The van der Waals surface area contributed by atoms with E-state index in [9.17, 15) is 0 Å². The topological polar surface area (TPSA) is 110 Å². The summed E-state index contributed by atoms with van der Waals surface area (Å²) in [5, 5.41) is 6.16. The molecule has 12 nitrogen and oxygen atoms in total. The zero-order chi connectivity index (χ0) is 105. The van der Waals surface area contributed by atoms with Gasteiger partial charge in [-0.25, -0.2) is 19.9 Å². The van der Waals surface area contributed by atoms with Gasteiger partial charge in [-0.1, -0.05) is 198 Å². The molecule has 0 bridgehead atoms. The molecule has 0 unspecified atom stereocenters. The van der Waals surface area contributed by atoms with Gasteiger partial charge < -0.3 is 0 Å². The predicted molar refractivity (Wildman–Crippen MR) is 617 cm³/mol. The molecule has 0 spiro atoms. The minimum absolute atomic E-state index is 0.227. The SMILES string of the molecule is Cc1cc(C)c(C)c(-c2c(-c3ccc(C4CCCC4)nc3)cc3ccccc3[n+]2C)c1.Cc1cc(C)c(C)c(-c2c(-c3ccc(CC(C)(C)C)nc3)cc3ccccc3[n+]2C)c1.Cc1cc(C)c(C)c(-c2c(-c3ccc(CC(C)C)nc3)cc3ccccc3[n+]2C)c1.Cc1cc(C)c(C)c(-c2c(-c3cnc(C(C)C)nc3)cc3ccccc3[n+]2C)c1.Cc1cc(C)c(C)c(-c2c(-c3cnc(C)nc3)cc3ccccc3[n+]2C)c1. The second-order valence-corrected chi connectivity index (χ2v) is 43.8. The predicted octanol–water partition coefficient (Wildman–Crippen LogP) is 31.3. The molecular weight excluding hydrogens is 1800 g/mol. The molecule has 746 valence electrons. The number of pyridine rings is 8. The van der Waals surface area contributed by atoms with Crippen LogP contribution in [0.15, 0.2) is 292 Å². The molecule has 1 aliphatic carbocycles. The molecule has 0 aliphatic heterocycles. The van der Waals surface area contributed by atoms with Gasteiger partial charge in [-0.3, -0.25) is 15.0 Å². The van der Waals surface area contributed by atoms with Crippen molar-refractivity contribution in [3.63, 3.8) is 0 Å². The highest BCUT2D eigenvalue weighted by Gasteiger charge is 2.33. The maximum Gasteiger partial charge on any atom is 0.221 e.